The number of fused-ring (bicyclic) bond motifs is 1. The van der Waals surface area contributed by atoms with E-state index in [0.29, 0.717) is 12.8 Å². The topological polar surface area (TPSA) is 60.7 Å². The summed E-state index contributed by atoms with van der Waals surface area (Å²) in [5.74, 6) is 0.255. The minimum Gasteiger partial charge on any atom is -0.508 e. The molecule has 3 nitrogen and oxygen atoms in total. The van der Waals surface area contributed by atoms with E-state index in [4.69, 9.17) is 5.11 Å². The number of phenolic OH excluding ortho intramolecular Hbond substituents is 1. The lowest BCUT2D eigenvalue weighted by atomic mass is 9.76. The van der Waals surface area contributed by atoms with Gasteiger partial charge in [0.15, 0.2) is 0 Å². The number of hydrogen-bond donors (Lipinski definition) is 3. The van der Waals surface area contributed by atoms with Gasteiger partial charge in [0.2, 0.25) is 0 Å². The lowest BCUT2D eigenvalue weighted by Crippen LogP contribution is -2.30. The Balaban J connectivity index is 2.31. The van der Waals surface area contributed by atoms with Crippen LogP contribution in [0.3, 0.4) is 0 Å². The van der Waals surface area contributed by atoms with E-state index in [0.717, 1.165) is 30.4 Å². The second-order valence-electron chi connectivity index (χ2n) is 4.55. The lowest BCUT2D eigenvalue weighted by molar-refractivity contribution is 0.00422. The Hall–Kier alpha value is -1.06. The van der Waals surface area contributed by atoms with Crippen molar-refractivity contribution >= 4 is 0 Å². The van der Waals surface area contributed by atoms with Gasteiger partial charge in [-0.2, -0.15) is 0 Å². The number of hydrogen-bond acceptors (Lipinski definition) is 3. The number of aryl methyl sites for hydroxylation is 1. The number of benzene rings is 1. The normalized spacial score (nSPS) is 24.1. The summed E-state index contributed by atoms with van der Waals surface area (Å²) < 4.78 is 0. The van der Waals surface area contributed by atoms with Gasteiger partial charge in [-0.25, -0.2) is 0 Å². The van der Waals surface area contributed by atoms with Gasteiger partial charge in [-0.3, -0.25) is 0 Å². The molecular formula is C13H18O3. The van der Waals surface area contributed by atoms with E-state index in [1.54, 1.807) is 18.2 Å². The highest BCUT2D eigenvalue weighted by Gasteiger charge is 2.33. The van der Waals surface area contributed by atoms with Gasteiger partial charge in [-0.15, -0.1) is 0 Å². The summed E-state index contributed by atoms with van der Waals surface area (Å²) in [5, 5.41) is 28.8. The molecule has 0 saturated heterocycles. The Morgan fingerprint density at radius 1 is 1.31 bits per heavy atom. The molecule has 1 aromatic rings. The fraction of sp³-hybridized carbons (Fsp3) is 0.538. The van der Waals surface area contributed by atoms with Crippen molar-refractivity contribution in [1.29, 1.82) is 0 Å². The molecular weight excluding hydrogens is 204 g/mol. The summed E-state index contributed by atoms with van der Waals surface area (Å²) in [6.07, 6.45) is 3.77. The summed E-state index contributed by atoms with van der Waals surface area (Å²) in [5.41, 5.74) is 1.14. The molecule has 1 aliphatic carbocycles. The molecule has 3 heteroatoms. The van der Waals surface area contributed by atoms with Crippen LogP contribution in [0.1, 0.15) is 36.8 Å². The van der Waals surface area contributed by atoms with Crippen LogP contribution in [-0.4, -0.2) is 21.9 Å². The van der Waals surface area contributed by atoms with Gasteiger partial charge >= 0.3 is 0 Å². The molecule has 0 aromatic heterocycles. The van der Waals surface area contributed by atoms with Crippen molar-refractivity contribution in [3.8, 4) is 5.75 Å². The zero-order valence-electron chi connectivity index (χ0n) is 9.32. The minimum absolute atomic E-state index is 0.107. The highest BCUT2D eigenvalue weighted by Crippen LogP contribution is 2.39. The highest BCUT2D eigenvalue weighted by molar-refractivity contribution is 5.40. The number of aliphatic hydroxyl groups excluding tert-OH is 1. The van der Waals surface area contributed by atoms with Crippen LogP contribution in [0.15, 0.2) is 18.2 Å². The van der Waals surface area contributed by atoms with E-state index < -0.39 is 5.60 Å². The van der Waals surface area contributed by atoms with Gasteiger partial charge in [0.1, 0.15) is 5.75 Å². The molecule has 0 radical (unpaired) electrons. The highest BCUT2D eigenvalue weighted by atomic mass is 16.3. The standard InChI is InChI=1S/C13H18O3/c14-8-2-7-13(16)6-1-3-10-9-11(15)4-5-12(10)13/h4-5,9,14-16H,1-3,6-8H2. The molecule has 1 atom stereocenters. The SMILES string of the molecule is OCCCC1(O)CCCc2cc(O)ccc21. The van der Waals surface area contributed by atoms with Crippen molar-refractivity contribution < 1.29 is 15.3 Å². The molecule has 0 fully saturated rings. The fourth-order valence-corrected chi connectivity index (χ4v) is 2.58. The summed E-state index contributed by atoms with van der Waals surface area (Å²) in [7, 11) is 0. The average molecular weight is 222 g/mol. The van der Waals surface area contributed by atoms with E-state index in [1.807, 2.05) is 0 Å². The maximum absolute atomic E-state index is 10.6. The molecule has 1 unspecified atom stereocenters. The summed E-state index contributed by atoms with van der Waals surface area (Å²) in [6.45, 7) is 0.107. The van der Waals surface area contributed by atoms with Crippen molar-refractivity contribution in [3.05, 3.63) is 29.3 Å². The Labute approximate surface area is 95.4 Å². The predicted molar refractivity (Wildman–Crippen MR) is 61.3 cm³/mol. The molecule has 88 valence electrons. The maximum Gasteiger partial charge on any atom is 0.115 e. The van der Waals surface area contributed by atoms with Crippen LogP contribution < -0.4 is 0 Å². The largest absolute Gasteiger partial charge is 0.508 e. The van der Waals surface area contributed by atoms with E-state index in [-0.39, 0.29) is 12.4 Å². The van der Waals surface area contributed by atoms with E-state index >= 15 is 0 Å². The second kappa shape index (κ2) is 4.44. The van der Waals surface area contributed by atoms with Crippen LogP contribution in [-0.2, 0) is 12.0 Å². The number of aromatic hydroxyl groups is 1. The van der Waals surface area contributed by atoms with Gasteiger partial charge < -0.3 is 15.3 Å². The molecule has 1 aromatic carbocycles. The minimum atomic E-state index is -0.815. The Morgan fingerprint density at radius 3 is 2.88 bits per heavy atom. The molecule has 1 aliphatic rings. The summed E-state index contributed by atoms with van der Waals surface area (Å²) in [4.78, 5) is 0. The molecule has 0 bridgehead atoms. The van der Waals surface area contributed by atoms with Crippen molar-refractivity contribution in [3.63, 3.8) is 0 Å². The summed E-state index contributed by atoms with van der Waals surface area (Å²) >= 11 is 0. The first-order valence-corrected chi connectivity index (χ1v) is 5.81. The second-order valence-corrected chi connectivity index (χ2v) is 4.55. The van der Waals surface area contributed by atoms with Crippen LogP contribution in [0.4, 0.5) is 0 Å². The molecule has 3 N–H and O–H groups in total. The van der Waals surface area contributed by atoms with Crippen molar-refractivity contribution in [1.82, 2.24) is 0 Å². The van der Waals surface area contributed by atoms with E-state index in [9.17, 15) is 10.2 Å². The lowest BCUT2D eigenvalue weighted by Gasteiger charge is -2.34. The monoisotopic (exact) mass is 222 g/mol. The van der Waals surface area contributed by atoms with E-state index in [1.165, 1.54) is 0 Å². The molecule has 0 heterocycles. The first kappa shape index (κ1) is 11.4. The fourth-order valence-electron chi connectivity index (χ4n) is 2.58. The first-order valence-electron chi connectivity index (χ1n) is 5.81. The molecule has 0 aliphatic heterocycles. The Bertz CT molecular complexity index is 375. The Morgan fingerprint density at radius 2 is 2.12 bits per heavy atom. The van der Waals surface area contributed by atoms with Crippen molar-refractivity contribution in [2.75, 3.05) is 6.61 Å². The smallest absolute Gasteiger partial charge is 0.115 e. The van der Waals surface area contributed by atoms with Crippen molar-refractivity contribution in [2.24, 2.45) is 0 Å². The van der Waals surface area contributed by atoms with Crippen LogP contribution in [0, 0.1) is 0 Å². The third-order valence-electron chi connectivity index (χ3n) is 3.38. The van der Waals surface area contributed by atoms with Crippen LogP contribution in [0.25, 0.3) is 0 Å². The predicted octanol–water partition coefficient (Wildman–Crippen LogP) is 1.69. The molecule has 0 saturated carbocycles. The van der Waals surface area contributed by atoms with Crippen LogP contribution >= 0.6 is 0 Å². The number of rotatable bonds is 3. The Kier molecular flexibility index (Phi) is 3.17. The quantitative estimate of drug-likeness (QED) is 0.729. The third-order valence-corrected chi connectivity index (χ3v) is 3.38. The van der Waals surface area contributed by atoms with Gasteiger partial charge in [0.25, 0.3) is 0 Å². The molecule has 16 heavy (non-hydrogen) atoms. The molecule has 0 amide bonds. The average Bonchev–Trinajstić information content (AvgIpc) is 2.26. The zero-order chi connectivity index (χ0) is 11.6. The maximum atomic E-state index is 10.6. The van der Waals surface area contributed by atoms with E-state index in [2.05, 4.69) is 0 Å². The number of phenols is 1. The van der Waals surface area contributed by atoms with Gasteiger partial charge in [0, 0.05) is 6.61 Å². The van der Waals surface area contributed by atoms with Gasteiger partial charge in [0.05, 0.1) is 5.60 Å². The van der Waals surface area contributed by atoms with Crippen LogP contribution in [0.5, 0.6) is 5.75 Å². The first-order chi connectivity index (χ1) is 7.65. The molecule has 0 spiro atoms. The van der Waals surface area contributed by atoms with Gasteiger partial charge in [-0.05, 0) is 55.4 Å². The van der Waals surface area contributed by atoms with Crippen molar-refractivity contribution in [2.45, 2.75) is 37.7 Å². The van der Waals surface area contributed by atoms with Crippen LogP contribution in [0.2, 0.25) is 0 Å². The zero-order valence-corrected chi connectivity index (χ0v) is 9.32. The van der Waals surface area contributed by atoms with Gasteiger partial charge in [-0.1, -0.05) is 6.07 Å². The third kappa shape index (κ3) is 2.06. The molecule has 2 rings (SSSR count). The number of aliphatic hydroxyl groups is 2. The summed E-state index contributed by atoms with van der Waals surface area (Å²) in [6, 6.07) is 5.16.